The van der Waals surface area contributed by atoms with Crippen LogP contribution >= 0.6 is 11.6 Å². The highest BCUT2D eigenvalue weighted by Crippen LogP contribution is 2.33. The van der Waals surface area contributed by atoms with Crippen LogP contribution in [0.2, 0.25) is 5.02 Å². The molecule has 1 saturated carbocycles. The van der Waals surface area contributed by atoms with E-state index in [1.165, 1.54) is 28.6 Å². The highest BCUT2D eigenvalue weighted by molar-refractivity contribution is 7.89. The first-order valence-corrected chi connectivity index (χ1v) is 7.83. The van der Waals surface area contributed by atoms with Gasteiger partial charge in [-0.1, -0.05) is 17.7 Å². The van der Waals surface area contributed by atoms with Gasteiger partial charge in [-0.25, -0.2) is 13.2 Å². The Bertz CT molecular complexity index is 665. The van der Waals surface area contributed by atoms with E-state index in [1.54, 1.807) is 7.05 Å². The standard InChI is InChI=1S/C13H14ClNO4S/c1-15(10-4-5-10)20(18,19)12-6-2-9(8-11(12)14)3-7-13(16)17/h2-3,6-8,10H,4-5H2,1H3,(H,16,17). The van der Waals surface area contributed by atoms with Crippen LogP contribution in [0.25, 0.3) is 6.08 Å². The number of rotatable bonds is 5. The molecule has 0 unspecified atom stereocenters. The molecular formula is C13H14ClNO4S. The minimum atomic E-state index is -3.59. The van der Waals surface area contributed by atoms with E-state index in [-0.39, 0.29) is 16.0 Å². The number of carboxylic acids is 1. The van der Waals surface area contributed by atoms with Gasteiger partial charge in [-0.2, -0.15) is 4.31 Å². The second-order valence-corrected chi connectivity index (χ2v) is 6.99. The van der Waals surface area contributed by atoms with E-state index >= 15 is 0 Å². The maximum absolute atomic E-state index is 12.3. The lowest BCUT2D eigenvalue weighted by atomic mass is 10.2. The lowest BCUT2D eigenvalue weighted by Crippen LogP contribution is -2.29. The molecular weight excluding hydrogens is 302 g/mol. The maximum atomic E-state index is 12.3. The molecule has 2 rings (SSSR count). The second kappa shape index (κ2) is 5.55. The van der Waals surface area contributed by atoms with E-state index in [4.69, 9.17) is 16.7 Å². The van der Waals surface area contributed by atoms with Crippen LogP contribution in [-0.4, -0.2) is 36.9 Å². The third kappa shape index (κ3) is 3.20. The van der Waals surface area contributed by atoms with Crippen molar-refractivity contribution in [3.05, 3.63) is 34.9 Å². The Kier molecular flexibility index (Phi) is 4.17. The lowest BCUT2D eigenvalue weighted by molar-refractivity contribution is -0.131. The Labute approximate surface area is 122 Å². The van der Waals surface area contributed by atoms with Crippen LogP contribution in [0, 0.1) is 0 Å². The minimum absolute atomic E-state index is 0.0426. The normalized spacial score (nSPS) is 15.9. The molecule has 0 bridgehead atoms. The van der Waals surface area contributed by atoms with Crippen LogP contribution in [0.3, 0.4) is 0 Å². The summed E-state index contributed by atoms with van der Waals surface area (Å²) in [5.74, 6) is -1.08. The average molecular weight is 316 g/mol. The van der Waals surface area contributed by atoms with Crippen molar-refractivity contribution in [2.45, 2.75) is 23.8 Å². The zero-order chi connectivity index (χ0) is 14.9. The van der Waals surface area contributed by atoms with Crippen molar-refractivity contribution in [1.82, 2.24) is 4.31 Å². The number of halogens is 1. The summed E-state index contributed by atoms with van der Waals surface area (Å²) >= 11 is 6.01. The van der Waals surface area contributed by atoms with E-state index in [0.717, 1.165) is 18.9 Å². The fourth-order valence-electron chi connectivity index (χ4n) is 1.79. The topological polar surface area (TPSA) is 74.7 Å². The highest BCUT2D eigenvalue weighted by Gasteiger charge is 2.35. The van der Waals surface area contributed by atoms with Crippen LogP contribution in [0.5, 0.6) is 0 Å². The van der Waals surface area contributed by atoms with Crippen LogP contribution in [0.1, 0.15) is 18.4 Å². The molecule has 0 saturated heterocycles. The predicted octanol–water partition coefficient (Wildman–Crippen LogP) is 2.22. The monoisotopic (exact) mass is 315 g/mol. The van der Waals surface area contributed by atoms with Crippen molar-refractivity contribution in [1.29, 1.82) is 0 Å². The van der Waals surface area contributed by atoms with E-state index < -0.39 is 16.0 Å². The third-order valence-corrected chi connectivity index (χ3v) is 5.49. The fraction of sp³-hybridized carbons (Fsp3) is 0.308. The Morgan fingerprint density at radius 2 is 2.10 bits per heavy atom. The molecule has 20 heavy (non-hydrogen) atoms. The fourth-order valence-corrected chi connectivity index (χ4v) is 3.73. The molecule has 7 heteroatoms. The molecule has 0 spiro atoms. The molecule has 0 aromatic heterocycles. The summed E-state index contributed by atoms with van der Waals surface area (Å²) in [5.41, 5.74) is 0.533. The average Bonchev–Trinajstić information content (AvgIpc) is 3.19. The molecule has 0 atom stereocenters. The Balaban J connectivity index is 2.32. The van der Waals surface area contributed by atoms with E-state index in [1.807, 2.05) is 0 Å². The third-order valence-electron chi connectivity index (χ3n) is 3.09. The highest BCUT2D eigenvalue weighted by atomic mass is 35.5. The van der Waals surface area contributed by atoms with Crippen molar-refractivity contribution < 1.29 is 18.3 Å². The van der Waals surface area contributed by atoms with Crippen molar-refractivity contribution in [2.75, 3.05) is 7.05 Å². The number of nitrogens with zero attached hydrogens (tertiary/aromatic N) is 1. The summed E-state index contributed by atoms with van der Waals surface area (Å²) in [6, 6.07) is 4.42. The van der Waals surface area contributed by atoms with Crippen molar-refractivity contribution in [3.63, 3.8) is 0 Å². The van der Waals surface area contributed by atoms with Gasteiger partial charge in [0, 0.05) is 19.2 Å². The second-order valence-electron chi connectivity index (χ2n) is 4.61. The number of aliphatic carboxylic acids is 1. The zero-order valence-corrected chi connectivity index (χ0v) is 12.4. The van der Waals surface area contributed by atoms with Gasteiger partial charge >= 0.3 is 5.97 Å². The molecule has 1 aromatic rings. The van der Waals surface area contributed by atoms with Gasteiger partial charge in [0.1, 0.15) is 4.90 Å². The number of benzene rings is 1. The summed E-state index contributed by atoms with van der Waals surface area (Å²) in [4.78, 5) is 10.5. The van der Waals surface area contributed by atoms with Gasteiger partial charge in [0.15, 0.2) is 0 Å². The smallest absolute Gasteiger partial charge is 0.328 e. The molecule has 5 nitrogen and oxygen atoms in total. The van der Waals surface area contributed by atoms with Gasteiger partial charge in [0.25, 0.3) is 0 Å². The molecule has 1 aliphatic carbocycles. The number of sulfonamides is 1. The first kappa shape index (κ1) is 15.0. The van der Waals surface area contributed by atoms with E-state index in [2.05, 4.69) is 0 Å². The van der Waals surface area contributed by atoms with Gasteiger partial charge in [-0.05, 0) is 36.6 Å². The molecule has 0 aliphatic heterocycles. The molecule has 0 radical (unpaired) electrons. The minimum Gasteiger partial charge on any atom is -0.478 e. The summed E-state index contributed by atoms with van der Waals surface area (Å²) < 4.78 is 26.0. The molecule has 108 valence electrons. The van der Waals surface area contributed by atoms with Crippen LogP contribution in [0.15, 0.2) is 29.2 Å². The first-order valence-electron chi connectivity index (χ1n) is 6.01. The molecule has 1 N–H and O–H groups in total. The molecule has 0 heterocycles. The Hall–Kier alpha value is -1.37. The number of carboxylic acid groups (broad SMARTS) is 1. The Morgan fingerprint density at radius 3 is 2.60 bits per heavy atom. The lowest BCUT2D eigenvalue weighted by Gasteiger charge is -2.17. The van der Waals surface area contributed by atoms with Gasteiger partial charge < -0.3 is 5.11 Å². The van der Waals surface area contributed by atoms with Gasteiger partial charge in [0.2, 0.25) is 10.0 Å². The summed E-state index contributed by atoms with van der Waals surface area (Å²) in [6.45, 7) is 0. The SMILES string of the molecule is CN(C1CC1)S(=O)(=O)c1ccc(C=CC(=O)O)cc1Cl. The molecule has 0 amide bonds. The van der Waals surface area contributed by atoms with E-state index in [0.29, 0.717) is 5.56 Å². The maximum Gasteiger partial charge on any atom is 0.328 e. The van der Waals surface area contributed by atoms with Crippen LogP contribution < -0.4 is 0 Å². The predicted molar refractivity (Wildman–Crippen MR) is 76.1 cm³/mol. The van der Waals surface area contributed by atoms with Crippen LogP contribution in [-0.2, 0) is 14.8 Å². The Morgan fingerprint density at radius 1 is 1.45 bits per heavy atom. The quantitative estimate of drug-likeness (QED) is 0.845. The largest absolute Gasteiger partial charge is 0.478 e. The summed E-state index contributed by atoms with van der Waals surface area (Å²) in [6.07, 6.45) is 4.06. The zero-order valence-electron chi connectivity index (χ0n) is 10.8. The summed E-state index contributed by atoms with van der Waals surface area (Å²) in [5, 5.41) is 8.63. The molecule has 1 fully saturated rings. The number of carbonyl (C=O) groups is 1. The van der Waals surface area contributed by atoms with Gasteiger partial charge in [0.05, 0.1) is 5.02 Å². The molecule has 1 aromatic carbocycles. The first-order chi connectivity index (χ1) is 9.32. The molecule has 1 aliphatic rings. The van der Waals surface area contributed by atoms with Gasteiger partial charge in [-0.15, -0.1) is 0 Å². The number of hydrogen-bond donors (Lipinski definition) is 1. The van der Waals surface area contributed by atoms with E-state index in [9.17, 15) is 13.2 Å². The van der Waals surface area contributed by atoms with Crippen molar-refractivity contribution >= 4 is 33.7 Å². The number of hydrogen-bond acceptors (Lipinski definition) is 3. The van der Waals surface area contributed by atoms with Gasteiger partial charge in [-0.3, -0.25) is 0 Å². The van der Waals surface area contributed by atoms with Crippen molar-refractivity contribution in [3.8, 4) is 0 Å². The van der Waals surface area contributed by atoms with Crippen LogP contribution in [0.4, 0.5) is 0 Å². The summed E-state index contributed by atoms with van der Waals surface area (Å²) in [7, 11) is -2.05. The van der Waals surface area contributed by atoms with Crippen molar-refractivity contribution in [2.24, 2.45) is 0 Å².